The number of phenols is 2. The minimum Gasteiger partial charge on any atom is -0.507 e. The number of aryl methyl sites for hydroxylation is 1. The Morgan fingerprint density at radius 1 is 0.975 bits per heavy atom. The summed E-state index contributed by atoms with van der Waals surface area (Å²) in [5, 5.41) is 24.2. The molecule has 0 saturated carbocycles. The molecule has 0 aliphatic carbocycles. The summed E-state index contributed by atoms with van der Waals surface area (Å²) in [6.45, 7) is 3.86. The third kappa shape index (κ3) is 3.79. The van der Waals surface area contributed by atoms with Crippen molar-refractivity contribution in [1.29, 1.82) is 0 Å². The lowest BCUT2D eigenvalue weighted by atomic mass is 9.95. The van der Waals surface area contributed by atoms with Crippen LogP contribution in [0.25, 0.3) is 21.7 Å². The molecule has 7 rings (SSSR count). The molecular weight excluding hydrogens is 565 g/mol. The number of amides is 1. The summed E-state index contributed by atoms with van der Waals surface area (Å²) >= 11 is 14.3. The van der Waals surface area contributed by atoms with Gasteiger partial charge in [0.05, 0.1) is 22.6 Å². The van der Waals surface area contributed by atoms with Gasteiger partial charge in [-0.3, -0.25) is 4.79 Å². The van der Waals surface area contributed by atoms with E-state index in [4.69, 9.17) is 23.2 Å². The van der Waals surface area contributed by atoms with Crippen molar-refractivity contribution in [2.45, 2.75) is 25.3 Å². The number of H-pyrrole nitrogens is 1. The molecule has 2 aromatic heterocycles. The first kappa shape index (κ1) is 25.6. The molecule has 5 aromatic rings. The predicted octanol–water partition coefficient (Wildman–Crippen LogP) is 7.43. The summed E-state index contributed by atoms with van der Waals surface area (Å²) < 4.78 is 0. The zero-order chi connectivity index (χ0) is 27.7. The quantitative estimate of drug-likeness (QED) is 0.186. The first-order chi connectivity index (χ1) is 19.4. The summed E-state index contributed by atoms with van der Waals surface area (Å²) in [6, 6.07) is 15.1. The lowest BCUT2D eigenvalue weighted by Gasteiger charge is -2.19. The minimum atomic E-state index is -0.0949. The van der Waals surface area contributed by atoms with Crippen molar-refractivity contribution in [3.05, 3.63) is 81.2 Å². The van der Waals surface area contributed by atoms with E-state index in [-0.39, 0.29) is 29.2 Å². The number of benzene rings is 3. The predicted molar refractivity (Wildman–Crippen MR) is 164 cm³/mol. The smallest absolute Gasteiger partial charge is 0.268 e. The van der Waals surface area contributed by atoms with Crippen molar-refractivity contribution in [2.24, 2.45) is 0 Å². The van der Waals surface area contributed by atoms with Gasteiger partial charge in [0.1, 0.15) is 11.5 Å². The number of hydrogen-bond donors (Lipinski definition) is 3. The summed E-state index contributed by atoms with van der Waals surface area (Å²) in [6.07, 6.45) is 1.92. The molecule has 6 nitrogen and oxygen atoms in total. The number of alkyl halides is 2. The fourth-order valence-electron chi connectivity index (χ4n) is 6.53. The molecule has 9 heteroatoms. The van der Waals surface area contributed by atoms with Crippen LogP contribution in [0.2, 0.25) is 0 Å². The van der Waals surface area contributed by atoms with Crippen LogP contribution >= 0.6 is 34.5 Å². The SMILES string of the molecule is Cc1c[nH]c2c(O)cc3c(c12)C(CCl)CN3Cc1ccc(C(=O)N2CC(CCl)c3c2cc(O)c2ccccc32)s1. The number of nitrogens with zero attached hydrogens (tertiary/aromatic N) is 2. The third-order valence-electron chi connectivity index (χ3n) is 8.32. The molecule has 2 aliphatic heterocycles. The molecule has 4 heterocycles. The summed E-state index contributed by atoms with van der Waals surface area (Å²) in [5.74, 6) is 1.29. The van der Waals surface area contributed by atoms with Crippen molar-refractivity contribution in [1.82, 2.24) is 4.98 Å². The lowest BCUT2D eigenvalue weighted by Crippen LogP contribution is -2.29. The van der Waals surface area contributed by atoms with Gasteiger partial charge in [-0.15, -0.1) is 34.5 Å². The lowest BCUT2D eigenvalue weighted by molar-refractivity contribution is 0.0992. The van der Waals surface area contributed by atoms with E-state index in [1.54, 1.807) is 11.0 Å². The fraction of sp³-hybridized carbons (Fsp3) is 0.258. The Hall–Kier alpha value is -3.39. The van der Waals surface area contributed by atoms with Crippen molar-refractivity contribution in [3.8, 4) is 11.5 Å². The average molecular weight is 593 g/mol. The molecule has 2 unspecified atom stereocenters. The number of carbonyl (C=O) groups is 1. The zero-order valence-electron chi connectivity index (χ0n) is 21.7. The van der Waals surface area contributed by atoms with E-state index in [0.717, 1.165) is 55.6 Å². The Bertz CT molecular complexity index is 1810. The summed E-state index contributed by atoms with van der Waals surface area (Å²) in [4.78, 5) is 22.7. The molecule has 2 aliphatic rings. The van der Waals surface area contributed by atoms with Crippen LogP contribution in [-0.4, -0.2) is 46.0 Å². The second-order valence-electron chi connectivity index (χ2n) is 10.7. The molecule has 40 heavy (non-hydrogen) atoms. The van der Waals surface area contributed by atoms with E-state index >= 15 is 0 Å². The Morgan fingerprint density at radius 3 is 2.48 bits per heavy atom. The van der Waals surface area contributed by atoms with Crippen LogP contribution in [0, 0.1) is 6.92 Å². The van der Waals surface area contributed by atoms with Gasteiger partial charge >= 0.3 is 0 Å². The topological polar surface area (TPSA) is 79.8 Å². The number of aromatic hydroxyl groups is 2. The molecule has 1 amide bonds. The molecule has 0 bridgehead atoms. The average Bonchev–Trinajstić information content (AvgIpc) is 3.74. The molecule has 204 valence electrons. The number of nitrogens with one attached hydrogen (secondary N) is 1. The number of carbonyl (C=O) groups excluding carboxylic acids is 1. The van der Waals surface area contributed by atoms with Crippen molar-refractivity contribution < 1.29 is 15.0 Å². The van der Waals surface area contributed by atoms with Gasteiger partial charge in [-0.25, -0.2) is 0 Å². The van der Waals surface area contributed by atoms with Gasteiger partial charge in [-0.2, -0.15) is 0 Å². The third-order valence-corrected chi connectivity index (χ3v) is 10.1. The second-order valence-corrected chi connectivity index (χ2v) is 12.5. The van der Waals surface area contributed by atoms with E-state index in [9.17, 15) is 15.0 Å². The number of phenolic OH excluding ortho intramolecular Hbond substituents is 2. The summed E-state index contributed by atoms with van der Waals surface area (Å²) in [5.41, 5.74) is 5.73. The Morgan fingerprint density at radius 2 is 1.70 bits per heavy atom. The van der Waals surface area contributed by atoms with Gasteiger partial charge in [0.15, 0.2) is 0 Å². The van der Waals surface area contributed by atoms with E-state index in [2.05, 4.69) is 9.88 Å². The molecule has 0 saturated heterocycles. The van der Waals surface area contributed by atoms with Crippen LogP contribution in [0.15, 0.2) is 54.7 Å². The van der Waals surface area contributed by atoms with Crippen LogP contribution in [0.5, 0.6) is 11.5 Å². The molecule has 3 N–H and O–H groups in total. The van der Waals surface area contributed by atoms with E-state index in [0.29, 0.717) is 29.7 Å². The first-order valence-electron chi connectivity index (χ1n) is 13.2. The van der Waals surface area contributed by atoms with E-state index in [1.165, 1.54) is 16.9 Å². The fourth-order valence-corrected chi connectivity index (χ4v) is 8.00. The largest absolute Gasteiger partial charge is 0.507 e. The number of anilines is 2. The Labute approximate surface area is 245 Å². The van der Waals surface area contributed by atoms with Crippen molar-refractivity contribution >= 4 is 73.5 Å². The normalized spacial score (nSPS) is 18.2. The Balaban J connectivity index is 1.20. The maximum absolute atomic E-state index is 13.8. The highest BCUT2D eigenvalue weighted by molar-refractivity contribution is 7.14. The standard InChI is InChI=1S/C31H27Cl2N3O3S/c1-16-12-34-30-25(38)8-22-29(27(16)30)17(10-32)13-35(22)15-19-6-7-26(40-19)31(39)36-14-18(11-33)28-21-5-3-2-4-20(21)24(37)9-23(28)36/h2-9,12,17-18,34,37-38H,10-11,13-15H2,1H3. The number of aromatic nitrogens is 1. The monoisotopic (exact) mass is 591 g/mol. The van der Waals surface area contributed by atoms with E-state index in [1.807, 2.05) is 55.6 Å². The maximum Gasteiger partial charge on any atom is 0.268 e. The number of fused-ring (bicyclic) bond motifs is 6. The Kier molecular flexibility index (Phi) is 6.15. The van der Waals surface area contributed by atoms with Crippen LogP contribution in [-0.2, 0) is 6.54 Å². The second kappa shape index (κ2) is 9.61. The van der Waals surface area contributed by atoms with Gasteiger partial charge < -0.3 is 25.0 Å². The van der Waals surface area contributed by atoms with Gasteiger partial charge in [0.25, 0.3) is 5.91 Å². The molecular formula is C31H27Cl2N3O3S. The van der Waals surface area contributed by atoms with Gasteiger partial charge in [0.2, 0.25) is 0 Å². The first-order valence-corrected chi connectivity index (χ1v) is 15.1. The number of aromatic amines is 1. The van der Waals surface area contributed by atoms with E-state index < -0.39 is 0 Å². The van der Waals surface area contributed by atoms with Crippen LogP contribution < -0.4 is 9.80 Å². The molecule has 0 fully saturated rings. The summed E-state index contributed by atoms with van der Waals surface area (Å²) in [7, 11) is 0. The minimum absolute atomic E-state index is 0.0134. The molecule has 0 spiro atoms. The highest BCUT2D eigenvalue weighted by Crippen LogP contribution is 2.48. The maximum atomic E-state index is 13.8. The number of hydrogen-bond acceptors (Lipinski definition) is 5. The van der Waals surface area contributed by atoms with Gasteiger partial charge in [0, 0.05) is 76.4 Å². The van der Waals surface area contributed by atoms with Gasteiger partial charge in [-0.1, -0.05) is 24.3 Å². The highest BCUT2D eigenvalue weighted by atomic mass is 35.5. The number of halogens is 2. The highest BCUT2D eigenvalue weighted by Gasteiger charge is 2.36. The van der Waals surface area contributed by atoms with Crippen LogP contribution in [0.4, 0.5) is 11.4 Å². The number of thiophene rings is 1. The van der Waals surface area contributed by atoms with Gasteiger partial charge in [-0.05, 0) is 41.1 Å². The molecule has 3 aromatic carbocycles. The van der Waals surface area contributed by atoms with Crippen molar-refractivity contribution in [2.75, 3.05) is 34.6 Å². The number of rotatable bonds is 5. The molecule has 2 atom stereocenters. The van der Waals surface area contributed by atoms with Crippen molar-refractivity contribution in [3.63, 3.8) is 0 Å². The van der Waals surface area contributed by atoms with Crippen LogP contribution in [0.1, 0.15) is 43.1 Å². The molecule has 0 radical (unpaired) electrons. The van der Waals surface area contributed by atoms with Crippen LogP contribution in [0.3, 0.4) is 0 Å². The zero-order valence-corrected chi connectivity index (χ0v) is 24.1.